The molecule has 1 N–H and O–H groups in total. The summed E-state index contributed by atoms with van der Waals surface area (Å²) in [6, 6.07) is 23.1. The van der Waals surface area contributed by atoms with E-state index < -0.39 is 57.4 Å². The standard InChI is InChI=1S/C35H34Cl2F3N3O4S/c1-34(2,3)41-33(45)31(20-24-12-6-4-7-13-24)42(22-28-29(36)18-11-19-30(28)37)32(44)23-43(48(46,47)27-16-8-5-9-17-27)26-15-10-14-25(21-26)35(38,39)40/h4-19,21,31H,20,22-23H2,1-3H3,(H,41,45)/t31-/m0/s1. The topological polar surface area (TPSA) is 86.8 Å². The fraction of sp³-hybridized carbons (Fsp3) is 0.257. The molecule has 0 radical (unpaired) electrons. The third kappa shape index (κ3) is 9.30. The molecule has 0 heterocycles. The smallest absolute Gasteiger partial charge is 0.350 e. The minimum atomic E-state index is -4.79. The van der Waals surface area contributed by atoms with Gasteiger partial charge in [0.15, 0.2) is 0 Å². The molecule has 2 amide bonds. The van der Waals surface area contributed by atoms with Gasteiger partial charge >= 0.3 is 6.18 Å². The number of benzene rings is 4. The fourth-order valence-corrected chi connectivity index (χ4v) is 6.89. The molecule has 0 aliphatic rings. The van der Waals surface area contributed by atoms with Gasteiger partial charge in [-0.2, -0.15) is 13.2 Å². The van der Waals surface area contributed by atoms with Gasteiger partial charge in [-0.3, -0.25) is 13.9 Å². The maximum atomic E-state index is 14.5. The fourth-order valence-electron chi connectivity index (χ4n) is 4.95. The lowest BCUT2D eigenvalue weighted by molar-refractivity contribution is -0.140. The van der Waals surface area contributed by atoms with Crippen molar-refractivity contribution in [2.75, 3.05) is 10.8 Å². The summed E-state index contributed by atoms with van der Waals surface area (Å²) in [7, 11) is -4.60. The van der Waals surface area contributed by atoms with E-state index in [2.05, 4.69) is 5.32 Å². The van der Waals surface area contributed by atoms with E-state index in [0.717, 1.165) is 12.1 Å². The summed E-state index contributed by atoms with van der Waals surface area (Å²) < 4.78 is 70.1. The zero-order chi connectivity index (χ0) is 35.3. The van der Waals surface area contributed by atoms with E-state index in [1.807, 2.05) is 0 Å². The van der Waals surface area contributed by atoms with E-state index in [1.165, 1.54) is 35.2 Å². The minimum absolute atomic E-state index is 0.0194. The van der Waals surface area contributed by atoms with Crippen LogP contribution in [0.4, 0.5) is 18.9 Å². The summed E-state index contributed by atoms with van der Waals surface area (Å²) in [6.45, 7) is 4.04. The summed E-state index contributed by atoms with van der Waals surface area (Å²) in [5, 5.41) is 3.29. The number of halogens is 5. The zero-order valence-electron chi connectivity index (χ0n) is 26.3. The van der Waals surface area contributed by atoms with Gasteiger partial charge in [0.05, 0.1) is 16.1 Å². The quantitative estimate of drug-likeness (QED) is 0.172. The first-order valence-electron chi connectivity index (χ1n) is 14.8. The predicted octanol–water partition coefficient (Wildman–Crippen LogP) is 7.76. The molecule has 0 bridgehead atoms. The van der Waals surface area contributed by atoms with Crippen LogP contribution in [0.1, 0.15) is 37.5 Å². The van der Waals surface area contributed by atoms with Crippen LogP contribution < -0.4 is 9.62 Å². The van der Waals surface area contributed by atoms with Crippen molar-refractivity contribution >= 4 is 50.7 Å². The Bertz CT molecular complexity index is 1830. The molecule has 0 saturated heterocycles. The SMILES string of the molecule is CC(C)(C)NC(=O)[C@H](Cc1ccccc1)N(Cc1c(Cl)cccc1Cl)C(=O)CN(c1cccc(C(F)(F)F)c1)S(=O)(=O)c1ccccc1. The van der Waals surface area contributed by atoms with Crippen LogP contribution in [0.2, 0.25) is 10.0 Å². The number of anilines is 1. The van der Waals surface area contributed by atoms with Crippen molar-refractivity contribution in [1.29, 1.82) is 0 Å². The first kappa shape index (κ1) is 36.8. The van der Waals surface area contributed by atoms with Crippen molar-refractivity contribution in [2.24, 2.45) is 0 Å². The lowest BCUT2D eigenvalue weighted by atomic mass is 10.0. The number of hydrogen-bond donors (Lipinski definition) is 1. The largest absolute Gasteiger partial charge is 0.416 e. The van der Waals surface area contributed by atoms with Crippen LogP contribution in [0, 0.1) is 0 Å². The highest BCUT2D eigenvalue weighted by Gasteiger charge is 2.37. The highest BCUT2D eigenvalue weighted by atomic mass is 35.5. The maximum absolute atomic E-state index is 14.5. The number of nitrogens with zero attached hydrogens (tertiary/aromatic N) is 2. The molecular formula is C35H34Cl2F3N3O4S. The normalized spacial score (nSPS) is 12.7. The molecule has 4 aromatic rings. The van der Waals surface area contributed by atoms with Crippen molar-refractivity contribution in [3.63, 3.8) is 0 Å². The molecule has 1 atom stereocenters. The number of alkyl halides is 3. The average Bonchev–Trinajstić information content (AvgIpc) is 3.02. The Morgan fingerprint density at radius 3 is 1.94 bits per heavy atom. The monoisotopic (exact) mass is 719 g/mol. The molecule has 0 fully saturated rings. The van der Waals surface area contributed by atoms with Crippen molar-refractivity contribution in [3.8, 4) is 0 Å². The third-order valence-electron chi connectivity index (χ3n) is 7.23. The summed E-state index contributed by atoms with van der Waals surface area (Å²) in [5.41, 5.74) is -1.22. The average molecular weight is 721 g/mol. The number of hydrogen-bond acceptors (Lipinski definition) is 4. The first-order chi connectivity index (χ1) is 22.5. The van der Waals surface area contributed by atoms with Crippen LogP contribution in [0.5, 0.6) is 0 Å². The van der Waals surface area contributed by atoms with Crippen molar-refractivity contribution in [1.82, 2.24) is 10.2 Å². The van der Waals surface area contributed by atoms with Gasteiger partial charge in [-0.1, -0.05) is 83.9 Å². The van der Waals surface area contributed by atoms with Crippen molar-refractivity contribution < 1.29 is 31.2 Å². The van der Waals surface area contributed by atoms with Crippen LogP contribution in [0.3, 0.4) is 0 Å². The van der Waals surface area contributed by atoms with Gasteiger partial charge < -0.3 is 10.2 Å². The maximum Gasteiger partial charge on any atom is 0.416 e. The predicted molar refractivity (Wildman–Crippen MR) is 181 cm³/mol. The summed E-state index contributed by atoms with van der Waals surface area (Å²) >= 11 is 13.0. The molecule has 0 aliphatic heterocycles. The number of rotatable bonds is 11. The van der Waals surface area contributed by atoms with Crippen molar-refractivity contribution in [2.45, 2.75) is 56.4 Å². The second-order valence-electron chi connectivity index (χ2n) is 12.0. The molecule has 7 nitrogen and oxygen atoms in total. The second-order valence-corrected chi connectivity index (χ2v) is 14.7. The highest BCUT2D eigenvalue weighted by molar-refractivity contribution is 7.92. The zero-order valence-corrected chi connectivity index (χ0v) is 28.7. The molecule has 48 heavy (non-hydrogen) atoms. The molecule has 4 rings (SSSR count). The summed E-state index contributed by atoms with van der Waals surface area (Å²) in [4.78, 5) is 29.4. The molecule has 0 aromatic heterocycles. The van der Waals surface area contributed by atoms with Gasteiger partial charge in [0.1, 0.15) is 12.6 Å². The van der Waals surface area contributed by atoms with Crippen LogP contribution in [-0.2, 0) is 38.8 Å². The highest BCUT2D eigenvalue weighted by Crippen LogP contribution is 2.34. The van der Waals surface area contributed by atoms with Gasteiger partial charge in [0.25, 0.3) is 10.0 Å². The lowest BCUT2D eigenvalue weighted by Gasteiger charge is -2.35. The number of carbonyl (C=O) groups is 2. The lowest BCUT2D eigenvalue weighted by Crippen LogP contribution is -2.56. The van der Waals surface area contributed by atoms with E-state index in [1.54, 1.807) is 75.4 Å². The molecule has 4 aromatic carbocycles. The van der Waals surface area contributed by atoms with E-state index in [-0.39, 0.29) is 27.9 Å². The van der Waals surface area contributed by atoms with Gasteiger partial charge in [-0.15, -0.1) is 0 Å². The van der Waals surface area contributed by atoms with Crippen LogP contribution in [0.25, 0.3) is 0 Å². The number of carbonyl (C=O) groups excluding carboxylic acids is 2. The van der Waals surface area contributed by atoms with Crippen molar-refractivity contribution in [3.05, 3.63) is 130 Å². The number of nitrogens with one attached hydrogen (secondary N) is 1. The van der Waals surface area contributed by atoms with Crippen LogP contribution in [0.15, 0.2) is 108 Å². The van der Waals surface area contributed by atoms with E-state index in [9.17, 15) is 31.2 Å². The Hall–Kier alpha value is -4.06. The molecule has 0 unspecified atom stereocenters. The minimum Gasteiger partial charge on any atom is -0.350 e. The Morgan fingerprint density at radius 1 is 0.812 bits per heavy atom. The van der Waals surface area contributed by atoms with Gasteiger partial charge in [0.2, 0.25) is 11.8 Å². The van der Waals surface area contributed by atoms with E-state index >= 15 is 0 Å². The Labute approximate surface area is 288 Å². The third-order valence-corrected chi connectivity index (χ3v) is 9.73. The summed E-state index contributed by atoms with van der Waals surface area (Å²) in [5.74, 6) is -1.42. The Morgan fingerprint density at radius 2 is 1.38 bits per heavy atom. The molecular weight excluding hydrogens is 686 g/mol. The number of amides is 2. The molecule has 0 spiro atoms. The molecule has 13 heteroatoms. The van der Waals surface area contributed by atoms with Crippen LogP contribution >= 0.6 is 23.2 Å². The molecule has 0 saturated carbocycles. The van der Waals surface area contributed by atoms with E-state index in [0.29, 0.717) is 21.5 Å². The first-order valence-corrected chi connectivity index (χ1v) is 17.0. The Kier molecular flexibility index (Phi) is 11.5. The van der Waals surface area contributed by atoms with Gasteiger partial charge in [0, 0.05) is 34.1 Å². The van der Waals surface area contributed by atoms with Gasteiger partial charge in [-0.05, 0) is 68.8 Å². The van der Waals surface area contributed by atoms with E-state index in [4.69, 9.17) is 23.2 Å². The van der Waals surface area contributed by atoms with Crippen LogP contribution in [-0.4, -0.2) is 43.3 Å². The number of sulfonamides is 1. The second kappa shape index (κ2) is 15.0. The molecule has 0 aliphatic carbocycles. The van der Waals surface area contributed by atoms with Gasteiger partial charge in [-0.25, -0.2) is 8.42 Å². The molecule has 254 valence electrons. The Balaban J connectivity index is 1.88. The summed E-state index contributed by atoms with van der Waals surface area (Å²) in [6.07, 6.45) is -4.77.